The SMILES string of the molecule is CCC(O)CCN1CCN(C(C)(C)C)CC1. The van der Waals surface area contributed by atoms with Crippen LogP contribution in [0, 0.1) is 0 Å². The van der Waals surface area contributed by atoms with E-state index in [0.717, 1.165) is 45.6 Å². The molecule has 1 saturated heterocycles. The van der Waals surface area contributed by atoms with E-state index in [-0.39, 0.29) is 6.10 Å². The Labute approximate surface area is 100 Å². The van der Waals surface area contributed by atoms with E-state index in [4.69, 9.17) is 0 Å². The van der Waals surface area contributed by atoms with Crippen LogP contribution in [0.5, 0.6) is 0 Å². The standard InChI is InChI=1S/C13H28N2O/c1-5-12(16)6-7-14-8-10-15(11-9-14)13(2,3)4/h12,16H,5-11H2,1-4H3. The topological polar surface area (TPSA) is 26.7 Å². The van der Waals surface area contributed by atoms with E-state index in [1.54, 1.807) is 0 Å². The van der Waals surface area contributed by atoms with Crippen LogP contribution in [0.1, 0.15) is 40.5 Å². The summed E-state index contributed by atoms with van der Waals surface area (Å²) in [7, 11) is 0. The minimum atomic E-state index is -0.111. The lowest BCUT2D eigenvalue weighted by Gasteiger charge is -2.42. The largest absolute Gasteiger partial charge is 0.393 e. The molecule has 0 aliphatic carbocycles. The molecule has 1 aliphatic heterocycles. The first-order chi connectivity index (χ1) is 7.43. The highest BCUT2D eigenvalue weighted by molar-refractivity contribution is 4.81. The Balaban J connectivity index is 2.22. The number of hydrogen-bond donors (Lipinski definition) is 1. The summed E-state index contributed by atoms with van der Waals surface area (Å²) in [5, 5.41) is 9.53. The monoisotopic (exact) mass is 228 g/mol. The maximum absolute atomic E-state index is 9.53. The first-order valence-electron chi connectivity index (χ1n) is 6.59. The van der Waals surface area contributed by atoms with E-state index in [2.05, 4.69) is 30.6 Å². The van der Waals surface area contributed by atoms with Crippen molar-refractivity contribution in [1.29, 1.82) is 0 Å². The summed E-state index contributed by atoms with van der Waals surface area (Å²) in [6.07, 6.45) is 1.69. The van der Waals surface area contributed by atoms with Gasteiger partial charge in [-0.2, -0.15) is 0 Å². The average Bonchev–Trinajstić information content (AvgIpc) is 2.25. The van der Waals surface area contributed by atoms with Gasteiger partial charge in [-0.05, 0) is 33.6 Å². The normalized spacial score (nSPS) is 22.3. The van der Waals surface area contributed by atoms with Crippen molar-refractivity contribution in [2.75, 3.05) is 32.7 Å². The van der Waals surface area contributed by atoms with Crippen LogP contribution < -0.4 is 0 Å². The lowest BCUT2D eigenvalue weighted by Crippen LogP contribution is -2.53. The third-order valence-electron chi connectivity index (χ3n) is 3.57. The molecule has 1 atom stereocenters. The Morgan fingerprint density at radius 2 is 1.69 bits per heavy atom. The number of aliphatic hydroxyl groups excluding tert-OH is 1. The van der Waals surface area contributed by atoms with Crippen LogP contribution in [0.4, 0.5) is 0 Å². The van der Waals surface area contributed by atoms with Gasteiger partial charge in [-0.3, -0.25) is 4.90 Å². The third-order valence-corrected chi connectivity index (χ3v) is 3.57. The Morgan fingerprint density at radius 1 is 1.12 bits per heavy atom. The predicted molar refractivity (Wildman–Crippen MR) is 68.7 cm³/mol. The van der Waals surface area contributed by atoms with Gasteiger partial charge in [0.05, 0.1) is 6.10 Å². The second kappa shape index (κ2) is 5.99. The first kappa shape index (κ1) is 13.9. The number of hydrogen-bond acceptors (Lipinski definition) is 3. The van der Waals surface area contributed by atoms with Crippen molar-refractivity contribution in [1.82, 2.24) is 9.80 Å². The van der Waals surface area contributed by atoms with Crippen molar-refractivity contribution in [2.24, 2.45) is 0 Å². The van der Waals surface area contributed by atoms with Gasteiger partial charge in [-0.25, -0.2) is 0 Å². The van der Waals surface area contributed by atoms with Gasteiger partial charge in [-0.15, -0.1) is 0 Å². The van der Waals surface area contributed by atoms with Crippen molar-refractivity contribution in [2.45, 2.75) is 52.2 Å². The van der Waals surface area contributed by atoms with Crippen LogP contribution in [0.3, 0.4) is 0 Å². The zero-order chi connectivity index (χ0) is 12.2. The molecule has 1 N–H and O–H groups in total. The van der Waals surface area contributed by atoms with E-state index < -0.39 is 0 Å². The Kier molecular flexibility index (Phi) is 5.22. The van der Waals surface area contributed by atoms with Crippen molar-refractivity contribution in [3.8, 4) is 0 Å². The second-order valence-corrected chi connectivity index (χ2v) is 5.85. The molecular weight excluding hydrogens is 200 g/mol. The summed E-state index contributed by atoms with van der Waals surface area (Å²) in [6.45, 7) is 14.5. The number of piperazine rings is 1. The third kappa shape index (κ3) is 4.40. The van der Waals surface area contributed by atoms with Gasteiger partial charge in [0.25, 0.3) is 0 Å². The van der Waals surface area contributed by atoms with E-state index in [0.29, 0.717) is 5.54 Å². The van der Waals surface area contributed by atoms with Gasteiger partial charge < -0.3 is 10.0 Å². The molecule has 3 heteroatoms. The summed E-state index contributed by atoms with van der Waals surface area (Å²) in [4.78, 5) is 5.01. The maximum Gasteiger partial charge on any atom is 0.0549 e. The van der Waals surface area contributed by atoms with Gasteiger partial charge >= 0.3 is 0 Å². The average molecular weight is 228 g/mol. The van der Waals surface area contributed by atoms with E-state index in [9.17, 15) is 5.11 Å². The number of rotatable bonds is 4. The van der Waals surface area contributed by atoms with Crippen LogP contribution in [-0.4, -0.2) is 59.3 Å². The highest BCUT2D eigenvalue weighted by Crippen LogP contribution is 2.16. The summed E-state index contributed by atoms with van der Waals surface area (Å²) in [5.74, 6) is 0. The minimum Gasteiger partial charge on any atom is -0.393 e. The second-order valence-electron chi connectivity index (χ2n) is 5.85. The summed E-state index contributed by atoms with van der Waals surface area (Å²) in [6, 6.07) is 0. The molecule has 0 saturated carbocycles. The van der Waals surface area contributed by atoms with E-state index in [1.165, 1.54) is 0 Å². The first-order valence-corrected chi connectivity index (χ1v) is 6.59. The van der Waals surface area contributed by atoms with Crippen molar-refractivity contribution < 1.29 is 5.11 Å². The molecule has 1 aliphatic rings. The molecule has 1 rings (SSSR count). The van der Waals surface area contributed by atoms with E-state index >= 15 is 0 Å². The van der Waals surface area contributed by atoms with Gasteiger partial charge in [0.1, 0.15) is 0 Å². The lowest BCUT2D eigenvalue weighted by atomic mass is 10.0. The Hall–Kier alpha value is -0.120. The molecule has 1 heterocycles. The maximum atomic E-state index is 9.53. The van der Waals surface area contributed by atoms with Crippen LogP contribution in [0.2, 0.25) is 0 Å². The fourth-order valence-corrected chi connectivity index (χ4v) is 2.18. The summed E-state index contributed by atoms with van der Waals surface area (Å²) in [5.41, 5.74) is 0.301. The quantitative estimate of drug-likeness (QED) is 0.791. The molecule has 0 spiro atoms. The summed E-state index contributed by atoms with van der Waals surface area (Å²) >= 11 is 0. The number of aliphatic hydroxyl groups is 1. The molecule has 1 fully saturated rings. The lowest BCUT2D eigenvalue weighted by molar-refractivity contribution is 0.0530. The predicted octanol–water partition coefficient (Wildman–Crippen LogP) is 1.56. The molecule has 1 unspecified atom stereocenters. The van der Waals surface area contributed by atoms with Crippen LogP contribution in [0.15, 0.2) is 0 Å². The van der Waals surface area contributed by atoms with Crippen LogP contribution in [-0.2, 0) is 0 Å². The van der Waals surface area contributed by atoms with Gasteiger partial charge in [-0.1, -0.05) is 6.92 Å². The molecule has 0 amide bonds. The molecule has 0 aromatic carbocycles. The van der Waals surface area contributed by atoms with E-state index in [1.807, 2.05) is 6.92 Å². The van der Waals surface area contributed by atoms with Crippen molar-refractivity contribution >= 4 is 0 Å². The fraction of sp³-hybridized carbons (Fsp3) is 1.00. The van der Waals surface area contributed by atoms with Gasteiger partial charge in [0, 0.05) is 38.3 Å². The molecule has 16 heavy (non-hydrogen) atoms. The molecule has 3 nitrogen and oxygen atoms in total. The molecule has 96 valence electrons. The molecular formula is C13H28N2O. The van der Waals surface area contributed by atoms with Gasteiger partial charge in [0.15, 0.2) is 0 Å². The van der Waals surface area contributed by atoms with Crippen LogP contribution in [0.25, 0.3) is 0 Å². The zero-order valence-electron chi connectivity index (χ0n) is 11.4. The van der Waals surface area contributed by atoms with Gasteiger partial charge in [0.2, 0.25) is 0 Å². The highest BCUT2D eigenvalue weighted by atomic mass is 16.3. The Morgan fingerprint density at radius 3 is 2.12 bits per heavy atom. The fourth-order valence-electron chi connectivity index (χ4n) is 2.18. The summed E-state index contributed by atoms with van der Waals surface area (Å²) < 4.78 is 0. The Bertz CT molecular complexity index is 193. The van der Waals surface area contributed by atoms with Crippen molar-refractivity contribution in [3.05, 3.63) is 0 Å². The molecule has 0 aromatic heterocycles. The molecule has 0 radical (unpaired) electrons. The number of nitrogens with zero attached hydrogens (tertiary/aromatic N) is 2. The highest BCUT2D eigenvalue weighted by Gasteiger charge is 2.25. The van der Waals surface area contributed by atoms with Crippen LogP contribution >= 0.6 is 0 Å². The molecule has 0 aromatic rings. The van der Waals surface area contributed by atoms with Crippen molar-refractivity contribution in [3.63, 3.8) is 0 Å². The molecule has 0 bridgehead atoms. The minimum absolute atomic E-state index is 0.111. The smallest absolute Gasteiger partial charge is 0.0549 e. The zero-order valence-corrected chi connectivity index (χ0v) is 11.4.